The van der Waals surface area contributed by atoms with Gasteiger partial charge in [0.1, 0.15) is 0 Å². The average molecular weight is 333 g/mol. The number of carboxylic acids is 1. The molecule has 4 aliphatic carbocycles. The summed E-state index contributed by atoms with van der Waals surface area (Å²) in [5.74, 6) is -0.846. The zero-order valence-electron chi connectivity index (χ0n) is 14.2. The third-order valence-electron chi connectivity index (χ3n) is 6.85. The standard InChI is InChI=1S/C9H13N3O.C9H14O2/c10-12-11-8(13)7-1-3-9(4-2-7)5-6-9;10-8(11)7-1-3-9(4-2-7)5-6-9/h7H,1-6H2;7H,1-6H2,(H,10,11). The molecule has 0 unspecified atom stereocenters. The van der Waals surface area contributed by atoms with Crippen LogP contribution in [0.25, 0.3) is 10.4 Å². The predicted molar refractivity (Wildman–Crippen MR) is 89.0 cm³/mol. The smallest absolute Gasteiger partial charge is 0.306 e. The fourth-order valence-electron chi connectivity index (χ4n) is 4.43. The van der Waals surface area contributed by atoms with Crippen molar-refractivity contribution in [2.75, 3.05) is 0 Å². The summed E-state index contributed by atoms with van der Waals surface area (Å²) in [6.07, 6.45) is 13.8. The third-order valence-corrected chi connectivity index (χ3v) is 6.85. The number of hydrogen-bond donors (Lipinski definition) is 1. The third kappa shape index (κ3) is 4.10. The van der Waals surface area contributed by atoms with Gasteiger partial charge < -0.3 is 5.11 Å². The Morgan fingerprint density at radius 1 is 0.833 bits per heavy atom. The highest BCUT2D eigenvalue weighted by molar-refractivity contribution is 5.79. The van der Waals surface area contributed by atoms with Crippen LogP contribution in [0.3, 0.4) is 0 Å². The van der Waals surface area contributed by atoms with Crippen molar-refractivity contribution in [1.29, 1.82) is 0 Å². The molecule has 0 aliphatic heterocycles. The monoisotopic (exact) mass is 333 g/mol. The first-order valence-electron chi connectivity index (χ1n) is 9.29. The Balaban J connectivity index is 0.000000143. The number of rotatable bonds is 2. The van der Waals surface area contributed by atoms with Crippen LogP contribution >= 0.6 is 0 Å². The molecule has 6 heteroatoms. The first kappa shape index (κ1) is 17.3. The van der Waals surface area contributed by atoms with Crippen LogP contribution in [0.1, 0.15) is 77.0 Å². The van der Waals surface area contributed by atoms with Gasteiger partial charge in [-0.2, -0.15) is 0 Å². The van der Waals surface area contributed by atoms with Crippen molar-refractivity contribution in [2.24, 2.45) is 27.8 Å². The molecule has 1 amide bonds. The van der Waals surface area contributed by atoms with E-state index in [2.05, 4.69) is 10.0 Å². The molecule has 4 rings (SSSR count). The summed E-state index contributed by atoms with van der Waals surface area (Å²) in [6.45, 7) is 0. The van der Waals surface area contributed by atoms with Crippen molar-refractivity contribution in [3.8, 4) is 0 Å². The number of carbonyl (C=O) groups is 2. The van der Waals surface area contributed by atoms with Gasteiger partial charge in [0.15, 0.2) is 0 Å². The lowest BCUT2D eigenvalue weighted by Crippen LogP contribution is -2.21. The van der Waals surface area contributed by atoms with Crippen LogP contribution in [0, 0.1) is 22.7 Å². The van der Waals surface area contributed by atoms with E-state index in [0.717, 1.165) is 38.5 Å². The summed E-state index contributed by atoms with van der Waals surface area (Å²) in [5.41, 5.74) is 9.36. The van der Waals surface area contributed by atoms with Gasteiger partial charge in [-0.25, -0.2) is 0 Å². The van der Waals surface area contributed by atoms with E-state index in [4.69, 9.17) is 10.6 Å². The summed E-state index contributed by atoms with van der Waals surface area (Å²) in [7, 11) is 0. The normalized spacial score (nSPS) is 29.1. The summed E-state index contributed by atoms with van der Waals surface area (Å²) in [6, 6.07) is 0. The highest BCUT2D eigenvalue weighted by atomic mass is 16.4. The molecule has 2 spiro atoms. The first-order valence-corrected chi connectivity index (χ1v) is 9.29. The molecule has 0 bridgehead atoms. The lowest BCUT2D eigenvalue weighted by atomic mass is 9.79. The van der Waals surface area contributed by atoms with Crippen LogP contribution in [-0.4, -0.2) is 17.0 Å². The molecule has 0 atom stereocenters. The van der Waals surface area contributed by atoms with Crippen molar-refractivity contribution in [3.05, 3.63) is 10.4 Å². The number of hydrogen-bond acceptors (Lipinski definition) is 2. The molecule has 0 heterocycles. The van der Waals surface area contributed by atoms with Gasteiger partial charge in [-0.05, 0) is 98.5 Å². The molecule has 0 aromatic rings. The van der Waals surface area contributed by atoms with Gasteiger partial charge in [0.2, 0.25) is 5.91 Å². The number of carbonyl (C=O) groups excluding carboxylic acids is 1. The number of nitrogens with zero attached hydrogens (tertiary/aromatic N) is 3. The SMILES string of the molecule is O=C(O)C1CCC2(CC1)CC2.[N-]=[N+]=NC(=O)C1CCC2(CC1)CC2. The molecule has 6 nitrogen and oxygen atoms in total. The topological polar surface area (TPSA) is 103 Å². The molecule has 0 aromatic heterocycles. The molecule has 132 valence electrons. The van der Waals surface area contributed by atoms with Crippen molar-refractivity contribution in [2.45, 2.75) is 77.0 Å². The van der Waals surface area contributed by atoms with E-state index < -0.39 is 5.97 Å². The largest absolute Gasteiger partial charge is 0.481 e. The van der Waals surface area contributed by atoms with E-state index in [0.29, 0.717) is 10.8 Å². The van der Waals surface area contributed by atoms with Gasteiger partial charge in [0.05, 0.1) is 5.92 Å². The van der Waals surface area contributed by atoms with E-state index in [-0.39, 0.29) is 17.7 Å². The number of aliphatic carboxylic acids is 1. The van der Waals surface area contributed by atoms with Gasteiger partial charge >= 0.3 is 5.97 Å². The van der Waals surface area contributed by atoms with Gasteiger partial charge in [-0.1, -0.05) is 0 Å². The van der Waals surface area contributed by atoms with Crippen LogP contribution in [0.15, 0.2) is 5.11 Å². The second-order valence-corrected chi connectivity index (χ2v) is 8.41. The molecular weight excluding hydrogens is 306 g/mol. The van der Waals surface area contributed by atoms with Gasteiger partial charge in [-0.3, -0.25) is 9.59 Å². The highest BCUT2D eigenvalue weighted by Crippen LogP contribution is 2.57. The van der Waals surface area contributed by atoms with Crippen molar-refractivity contribution in [1.82, 2.24) is 0 Å². The molecule has 0 radical (unpaired) electrons. The zero-order valence-corrected chi connectivity index (χ0v) is 14.2. The molecule has 24 heavy (non-hydrogen) atoms. The minimum absolute atomic E-state index is 0.0159. The minimum atomic E-state index is -0.583. The summed E-state index contributed by atoms with van der Waals surface area (Å²) >= 11 is 0. The van der Waals surface area contributed by atoms with E-state index >= 15 is 0 Å². The predicted octanol–water partition coefficient (Wildman–Crippen LogP) is 4.84. The maximum absolute atomic E-state index is 11.2. The lowest BCUT2D eigenvalue weighted by molar-refractivity contribution is -0.143. The first-order chi connectivity index (χ1) is 11.5. The van der Waals surface area contributed by atoms with E-state index in [1.165, 1.54) is 38.5 Å². The van der Waals surface area contributed by atoms with Crippen LogP contribution in [0.2, 0.25) is 0 Å². The Hall–Kier alpha value is -1.55. The Morgan fingerprint density at radius 2 is 1.25 bits per heavy atom. The molecule has 4 fully saturated rings. The fraction of sp³-hybridized carbons (Fsp3) is 0.889. The highest BCUT2D eigenvalue weighted by Gasteiger charge is 2.46. The van der Waals surface area contributed by atoms with Crippen LogP contribution in [0.5, 0.6) is 0 Å². The second-order valence-electron chi connectivity index (χ2n) is 8.41. The molecule has 0 aromatic carbocycles. The molecule has 4 saturated carbocycles. The van der Waals surface area contributed by atoms with Crippen molar-refractivity contribution in [3.63, 3.8) is 0 Å². The summed E-state index contributed by atoms with van der Waals surface area (Å²) in [4.78, 5) is 24.3. The maximum Gasteiger partial charge on any atom is 0.306 e. The Bertz CT molecular complexity index is 540. The minimum Gasteiger partial charge on any atom is -0.481 e. The molecule has 0 saturated heterocycles. The van der Waals surface area contributed by atoms with Gasteiger partial charge in [-0.15, -0.1) is 0 Å². The Kier molecular flexibility index (Phi) is 4.86. The zero-order chi connectivity index (χ0) is 17.2. The van der Waals surface area contributed by atoms with Crippen molar-refractivity contribution < 1.29 is 14.7 Å². The molecule has 4 aliphatic rings. The second kappa shape index (κ2) is 6.75. The van der Waals surface area contributed by atoms with Crippen LogP contribution in [-0.2, 0) is 9.59 Å². The van der Waals surface area contributed by atoms with E-state index in [1.54, 1.807) is 0 Å². The van der Waals surface area contributed by atoms with E-state index in [1.807, 2.05) is 0 Å². The summed E-state index contributed by atoms with van der Waals surface area (Å²) < 4.78 is 0. The fourth-order valence-corrected chi connectivity index (χ4v) is 4.43. The van der Waals surface area contributed by atoms with Crippen molar-refractivity contribution >= 4 is 11.9 Å². The number of amides is 1. The molecule has 1 N–H and O–H groups in total. The van der Waals surface area contributed by atoms with Crippen LogP contribution < -0.4 is 0 Å². The van der Waals surface area contributed by atoms with E-state index in [9.17, 15) is 9.59 Å². The number of carboxylic acid groups (broad SMARTS) is 1. The van der Waals surface area contributed by atoms with Crippen LogP contribution in [0.4, 0.5) is 0 Å². The quantitative estimate of drug-likeness (QED) is 0.444. The number of azide groups is 1. The average Bonchev–Trinajstić information content (AvgIpc) is 3.50. The van der Waals surface area contributed by atoms with Gasteiger partial charge in [0, 0.05) is 10.8 Å². The Labute approximate surface area is 142 Å². The Morgan fingerprint density at radius 3 is 1.58 bits per heavy atom. The maximum atomic E-state index is 11.2. The lowest BCUT2D eigenvalue weighted by Gasteiger charge is -2.26. The summed E-state index contributed by atoms with van der Waals surface area (Å²) in [5, 5.41) is 11.9. The van der Waals surface area contributed by atoms with Gasteiger partial charge in [0.25, 0.3) is 0 Å². The molecular formula is C18H27N3O3.